The Bertz CT molecular complexity index is 918. The van der Waals surface area contributed by atoms with Gasteiger partial charge in [0.1, 0.15) is 12.0 Å². The molecule has 0 aliphatic heterocycles. The molecular weight excluding hydrogens is 310 g/mol. The SMILES string of the molecule is Cc1ccc(C)c(Nc2ncnc(Nc3ccc(C)c(C)c3)c2N)c1. The van der Waals surface area contributed by atoms with Crippen LogP contribution in [-0.2, 0) is 0 Å². The van der Waals surface area contributed by atoms with Crippen molar-refractivity contribution in [2.24, 2.45) is 0 Å². The van der Waals surface area contributed by atoms with Crippen LogP contribution in [0.25, 0.3) is 0 Å². The van der Waals surface area contributed by atoms with Crippen molar-refractivity contribution in [2.45, 2.75) is 27.7 Å². The molecule has 0 bridgehead atoms. The van der Waals surface area contributed by atoms with E-state index in [2.05, 4.69) is 71.7 Å². The van der Waals surface area contributed by atoms with Crippen LogP contribution in [0.3, 0.4) is 0 Å². The molecule has 0 saturated carbocycles. The van der Waals surface area contributed by atoms with E-state index >= 15 is 0 Å². The summed E-state index contributed by atoms with van der Waals surface area (Å²) >= 11 is 0. The second-order valence-corrected chi connectivity index (χ2v) is 6.35. The van der Waals surface area contributed by atoms with Gasteiger partial charge in [-0.1, -0.05) is 18.2 Å². The molecule has 1 heterocycles. The molecule has 0 aliphatic carbocycles. The predicted molar refractivity (Wildman–Crippen MR) is 105 cm³/mol. The minimum Gasteiger partial charge on any atom is -0.393 e. The number of nitrogens with two attached hydrogens (primary N) is 1. The Morgan fingerprint density at radius 2 is 1.44 bits per heavy atom. The summed E-state index contributed by atoms with van der Waals surface area (Å²) in [6.07, 6.45) is 1.51. The summed E-state index contributed by atoms with van der Waals surface area (Å²) < 4.78 is 0. The molecule has 0 amide bonds. The van der Waals surface area contributed by atoms with Crippen molar-refractivity contribution in [2.75, 3.05) is 16.4 Å². The second kappa shape index (κ2) is 6.81. The molecule has 25 heavy (non-hydrogen) atoms. The molecule has 0 spiro atoms. The smallest absolute Gasteiger partial charge is 0.159 e. The van der Waals surface area contributed by atoms with Crippen molar-refractivity contribution in [1.82, 2.24) is 9.97 Å². The van der Waals surface area contributed by atoms with E-state index in [1.807, 2.05) is 13.0 Å². The lowest BCUT2D eigenvalue weighted by molar-refractivity contribution is 1.17. The zero-order valence-corrected chi connectivity index (χ0v) is 15.0. The van der Waals surface area contributed by atoms with Gasteiger partial charge in [0.05, 0.1) is 0 Å². The highest BCUT2D eigenvalue weighted by atomic mass is 15.1. The van der Waals surface area contributed by atoms with E-state index in [0.29, 0.717) is 17.3 Å². The first-order chi connectivity index (χ1) is 11.9. The van der Waals surface area contributed by atoms with Gasteiger partial charge >= 0.3 is 0 Å². The number of rotatable bonds is 4. The summed E-state index contributed by atoms with van der Waals surface area (Å²) in [6, 6.07) is 12.4. The fraction of sp³-hybridized carbons (Fsp3) is 0.200. The van der Waals surface area contributed by atoms with Gasteiger partial charge in [0.15, 0.2) is 11.6 Å². The molecule has 5 nitrogen and oxygen atoms in total. The van der Waals surface area contributed by atoms with E-state index in [-0.39, 0.29) is 0 Å². The third kappa shape index (κ3) is 3.71. The molecule has 5 heteroatoms. The van der Waals surface area contributed by atoms with E-state index in [1.54, 1.807) is 0 Å². The monoisotopic (exact) mass is 333 g/mol. The normalized spacial score (nSPS) is 10.6. The van der Waals surface area contributed by atoms with Crippen LogP contribution in [0.5, 0.6) is 0 Å². The Labute approximate surface area is 148 Å². The Morgan fingerprint density at radius 1 is 0.760 bits per heavy atom. The van der Waals surface area contributed by atoms with Crippen molar-refractivity contribution in [3.05, 3.63) is 65.0 Å². The molecule has 0 fully saturated rings. The van der Waals surface area contributed by atoms with Crippen LogP contribution in [0.1, 0.15) is 22.3 Å². The molecule has 2 aromatic carbocycles. The number of anilines is 5. The van der Waals surface area contributed by atoms with Crippen LogP contribution in [0.2, 0.25) is 0 Å². The van der Waals surface area contributed by atoms with E-state index in [9.17, 15) is 0 Å². The lowest BCUT2D eigenvalue weighted by Crippen LogP contribution is -2.06. The van der Waals surface area contributed by atoms with Gasteiger partial charge in [-0.2, -0.15) is 0 Å². The van der Waals surface area contributed by atoms with Gasteiger partial charge < -0.3 is 16.4 Å². The van der Waals surface area contributed by atoms with Crippen LogP contribution >= 0.6 is 0 Å². The van der Waals surface area contributed by atoms with Crippen LogP contribution in [-0.4, -0.2) is 9.97 Å². The first kappa shape index (κ1) is 16.8. The molecule has 3 rings (SSSR count). The highest BCUT2D eigenvalue weighted by Gasteiger charge is 2.10. The van der Waals surface area contributed by atoms with Gasteiger partial charge in [-0.3, -0.25) is 0 Å². The predicted octanol–water partition coefficient (Wildman–Crippen LogP) is 4.78. The molecule has 0 radical (unpaired) electrons. The maximum absolute atomic E-state index is 6.29. The molecule has 0 atom stereocenters. The zero-order chi connectivity index (χ0) is 18.0. The van der Waals surface area contributed by atoms with E-state index in [4.69, 9.17) is 5.73 Å². The molecule has 1 aromatic heterocycles. The second-order valence-electron chi connectivity index (χ2n) is 6.35. The lowest BCUT2D eigenvalue weighted by Gasteiger charge is -2.14. The number of hydrogen-bond donors (Lipinski definition) is 3. The van der Waals surface area contributed by atoms with E-state index in [1.165, 1.54) is 23.0 Å². The topological polar surface area (TPSA) is 75.9 Å². The average Bonchev–Trinajstić information content (AvgIpc) is 2.58. The number of benzene rings is 2. The molecule has 4 N–H and O–H groups in total. The summed E-state index contributed by atoms with van der Waals surface area (Å²) in [5.41, 5.74) is 13.5. The summed E-state index contributed by atoms with van der Waals surface area (Å²) in [5, 5.41) is 6.59. The number of hydrogen-bond acceptors (Lipinski definition) is 5. The zero-order valence-electron chi connectivity index (χ0n) is 15.0. The van der Waals surface area contributed by atoms with Gasteiger partial charge in [0.2, 0.25) is 0 Å². The van der Waals surface area contributed by atoms with Crippen LogP contribution in [0.4, 0.5) is 28.7 Å². The minimum atomic E-state index is 0.488. The fourth-order valence-corrected chi connectivity index (χ4v) is 2.55. The van der Waals surface area contributed by atoms with E-state index < -0.39 is 0 Å². The van der Waals surface area contributed by atoms with Crippen LogP contribution in [0.15, 0.2) is 42.7 Å². The Kier molecular flexibility index (Phi) is 4.57. The van der Waals surface area contributed by atoms with Gasteiger partial charge in [0, 0.05) is 11.4 Å². The third-order valence-electron chi connectivity index (χ3n) is 4.30. The molecule has 0 aliphatic rings. The minimum absolute atomic E-state index is 0.488. The van der Waals surface area contributed by atoms with Crippen molar-refractivity contribution >= 4 is 28.7 Å². The number of nitrogen functional groups attached to an aromatic ring is 1. The summed E-state index contributed by atoms with van der Waals surface area (Å²) in [5.74, 6) is 1.18. The first-order valence-electron chi connectivity index (χ1n) is 8.23. The number of nitrogens with zero attached hydrogens (tertiary/aromatic N) is 2. The van der Waals surface area contributed by atoms with Gasteiger partial charge in [-0.15, -0.1) is 0 Å². The fourth-order valence-electron chi connectivity index (χ4n) is 2.55. The number of aryl methyl sites for hydroxylation is 4. The number of aromatic nitrogens is 2. The largest absolute Gasteiger partial charge is 0.393 e. The number of nitrogens with one attached hydrogen (secondary N) is 2. The highest BCUT2D eigenvalue weighted by molar-refractivity contribution is 5.81. The average molecular weight is 333 g/mol. The van der Waals surface area contributed by atoms with Gasteiger partial charge in [-0.05, 0) is 68.1 Å². The standard InChI is InChI=1S/C20H23N5/c1-12-5-6-14(3)17(9-12)25-20-18(21)19(22-11-23-20)24-16-8-7-13(2)15(4)10-16/h5-11H,21H2,1-4H3,(H2,22,23,24,25). The van der Waals surface area contributed by atoms with Gasteiger partial charge in [0.25, 0.3) is 0 Å². The van der Waals surface area contributed by atoms with E-state index in [0.717, 1.165) is 16.9 Å². The summed E-state index contributed by atoms with van der Waals surface area (Å²) in [6.45, 7) is 8.27. The van der Waals surface area contributed by atoms with Crippen molar-refractivity contribution in [1.29, 1.82) is 0 Å². The maximum Gasteiger partial charge on any atom is 0.159 e. The molecule has 128 valence electrons. The third-order valence-corrected chi connectivity index (χ3v) is 4.30. The molecular formula is C20H23N5. The van der Waals surface area contributed by atoms with Gasteiger partial charge in [-0.25, -0.2) is 9.97 Å². The Morgan fingerprint density at radius 3 is 2.16 bits per heavy atom. The summed E-state index contributed by atoms with van der Waals surface area (Å²) in [4.78, 5) is 8.57. The van der Waals surface area contributed by atoms with Crippen LogP contribution < -0.4 is 16.4 Å². The lowest BCUT2D eigenvalue weighted by atomic mass is 10.1. The van der Waals surface area contributed by atoms with Crippen molar-refractivity contribution < 1.29 is 0 Å². The van der Waals surface area contributed by atoms with Crippen molar-refractivity contribution in [3.8, 4) is 0 Å². The first-order valence-corrected chi connectivity index (χ1v) is 8.23. The quantitative estimate of drug-likeness (QED) is 0.640. The van der Waals surface area contributed by atoms with Crippen molar-refractivity contribution in [3.63, 3.8) is 0 Å². The van der Waals surface area contributed by atoms with Crippen LogP contribution in [0, 0.1) is 27.7 Å². The molecule has 0 unspecified atom stereocenters. The Balaban J connectivity index is 1.89. The highest BCUT2D eigenvalue weighted by Crippen LogP contribution is 2.30. The maximum atomic E-state index is 6.29. The summed E-state index contributed by atoms with van der Waals surface area (Å²) in [7, 11) is 0. The Hall–Kier alpha value is -3.08. The molecule has 0 saturated heterocycles. The molecule has 3 aromatic rings.